The Labute approximate surface area is 82.5 Å². The molecule has 0 amide bonds. The maximum Gasteiger partial charge on any atom is 0.416 e. The molecule has 0 aromatic carbocycles. The smallest absolute Gasteiger partial charge is 0.324 e. The van der Waals surface area contributed by atoms with Crippen molar-refractivity contribution >= 4 is 5.65 Å². The van der Waals surface area contributed by atoms with Crippen LogP contribution in [-0.4, -0.2) is 14.6 Å². The van der Waals surface area contributed by atoms with Gasteiger partial charge in [0.05, 0.1) is 12.1 Å². The highest BCUT2D eigenvalue weighted by atomic mass is 19.4. The van der Waals surface area contributed by atoms with E-state index in [2.05, 4.69) is 10.1 Å². The number of halogens is 3. The Bertz CT molecular complexity index is 488. The second-order valence-electron chi connectivity index (χ2n) is 2.95. The zero-order valence-electron chi connectivity index (χ0n) is 7.49. The molecule has 0 aliphatic heterocycles. The molecule has 2 aromatic rings. The van der Waals surface area contributed by atoms with Crippen LogP contribution in [0.15, 0.2) is 18.3 Å². The van der Waals surface area contributed by atoms with Gasteiger partial charge in [-0.3, -0.25) is 0 Å². The van der Waals surface area contributed by atoms with E-state index in [4.69, 9.17) is 5.73 Å². The summed E-state index contributed by atoms with van der Waals surface area (Å²) in [6, 6.07) is 1.88. The van der Waals surface area contributed by atoms with Gasteiger partial charge in [0.15, 0.2) is 11.5 Å². The van der Waals surface area contributed by atoms with Gasteiger partial charge in [-0.05, 0) is 12.1 Å². The molecule has 15 heavy (non-hydrogen) atoms. The van der Waals surface area contributed by atoms with E-state index in [0.717, 1.165) is 12.1 Å². The summed E-state index contributed by atoms with van der Waals surface area (Å²) in [7, 11) is 0. The zero-order chi connectivity index (χ0) is 11.1. The molecule has 0 fully saturated rings. The van der Waals surface area contributed by atoms with Crippen molar-refractivity contribution in [2.24, 2.45) is 5.73 Å². The Kier molecular flexibility index (Phi) is 2.11. The van der Waals surface area contributed by atoms with Crippen molar-refractivity contribution < 1.29 is 13.2 Å². The lowest BCUT2D eigenvalue weighted by Gasteiger charge is -2.05. The number of hydrogen-bond donors (Lipinski definition) is 1. The molecule has 2 aromatic heterocycles. The normalized spacial score (nSPS) is 12.3. The topological polar surface area (TPSA) is 56.2 Å². The molecule has 0 atom stereocenters. The molecule has 0 unspecified atom stereocenters. The number of hydrogen-bond acceptors (Lipinski definition) is 3. The predicted octanol–water partition coefficient (Wildman–Crippen LogP) is 1.21. The van der Waals surface area contributed by atoms with Crippen LogP contribution in [0, 0.1) is 0 Å². The minimum atomic E-state index is -4.36. The van der Waals surface area contributed by atoms with Crippen molar-refractivity contribution in [1.82, 2.24) is 14.6 Å². The average Bonchev–Trinajstić information content (AvgIpc) is 2.57. The Balaban J connectivity index is 2.55. The average molecular weight is 216 g/mol. The lowest BCUT2D eigenvalue weighted by atomic mass is 10.2. The maximum absolute atomic E-state index is 12.3. The molecule has 0 radical (unpaired) electrons. The third-order valence-electron chi connectivity index (χ3n) is 1.89. The van der Waals surface area contributed by atoms with E-state index in [1.165, 1.54) is 10.7 Å². The summed E-state index contributed by atoms with van der Waals surface area (Å²) in [6.45, 7) is 0.100. The first-order valence-electron chi connectivity index (χ1n) is 4.13. The van der Waals surface area contributed by atoms with Crippen LogP contribution in [0.25, 0.3) is 5.65 Å². The van der Waals surface area contributed by atoms with Gasteiger partial charge in [-0.25, -0.2) is 9.50 Å². The van der Waals surface area contributed by atoms with Crippen molar-refractivity contribution in [3.8, 4) is 0 Å². The second-order valence-corrected chi connectivity index (χ2v) is 2.95. The maximum atomic E-state index is 12.3. The molecule has 0 saturated heterocycles. The first kappa shape index (κ1) is 9.91. The number of nitrogens with zero attached hydrogens (tertiary/aromatic N) is 3. The van der Waals surface area contributed by atoms with E-state index in [0.29, 0.717) is 5.82 Å². The van der Waals surface area contributed by atoms with Crippen LogP contribution in [0.2, 0.25) is 0 Å². The second kappa shape index (κ2) is 3.20. The number of alkyl halides is 3. The number of rotatable bonds is 1. The van der Waals surface area contributed by atoms with Crippen molar-refractivity contribution in [1.29, 1.82) is 0 Å². The summed E-state index contributed by atoms with van der Waals surface area (Å²) in [4.78, 5) is 3.83. The monoisotopic (exact) mass is 216 g/mol. The van der Waals surface area contributed by atoms with E-state index in [1.807, 2.05) is 0 Å². The lowest BCUT2D eigenvalue weighted by molar-refractivity contribution is -0.137. The van der Waals surface area contributed by atoms with Gasteiger partial charge < -0.3 is 5.73 Å². The van der Waals surface area contributed by atoms with Crippen LogP contribution in [0.4, 0.5) is 13.2 Å². The van der Waals surface area contributed by atoms with E-state index in [1.54, 1.807) is 0 Å². The molecule has 2 heterocycles. The predicted molar refractivity (Wildman–Crippen MR) is 45.9 cm³/mol. The van der Waals surface area contributed by atoms with Crippen LogP contribution in [-0.2, 0) is 12.7 Å². The molecular weight excluding hydrogens is 209 g/mol. The molecule has 0 bridgehead atoms. The highest BCUT2D eigenvalue weighted by Crippen LogP contribution is 2.29. The Morgan fingerprint density at radius 1 is 1.40 bits per heavy atom. The Morgan fingerprint density at radius 2 is 2.13 bits per heavy atom. The summed E-state index contributed by atoms with van der Waals surface area (Å²) in [5, 5.41) is 3.87. The van der Waals surface area contributed by atoms with E-state index < -0.39 is 11.7 Å². The molecule has 2 N–H and O–H groups in total. The van der Waals surface area contributed by atoms with Crippen LogP contribution in [0.5, 0.6) is 0 Å². The molecule has 0 aliphatic rings. The number of nitrogens with two attached hydrogens (primary N) is 1. The van der Waals surface area contributed by atoms with Gasteiger partial charge in [0, 0.05) is 6.20 Å². The molecule has 0 saturated carbocycles. The van der Waals surface area contributed by atoms with E-state index >= 15 is 0 Å². The summed E-state index contributed by atoms with van der Waals surface area (Å²) in [6.07, 6.45) is -3.15. The number of pyridine rings is 1. The summed E-state index contributed by atoms with van der Waals surface area (Å²) >= 11 is 0. The Hall–Kier alpha value is -1.63. The third kappa shape index (κ3) is 1.78. The standard InChI is InChI=1S/C8H7F3N4/c9-8(10,11)5-1-2-15-7(3-5)13-6(4-12)14-15/h1-3H,4,12H2. The van der Waals surface area contributed by atoms with Crippen molar-refractivity contribution in [2.45, 2.75) is 12.7 Å². The summed E-state index contributed by atoms with van der Waals surface area (Å²) < 4.78 is 38.2. The molecular formula is C8H7F3N4. The first-order valence-corrected chi connectivity index (χ1v) is 4.13. The van der Waals surface area contributed by atoms with Crippen LogP contribution in [0.3, 0.4) is 0 Å². The third-order valence-corrected chi connectivity index (χ3v) is 1.89. The number of fused-ring (bicyclic) bond motifs is 1. The van der Waals surface area contributed by atoms with Gasteiger partial charge in [0.25, 0.3) is 0 Å². The zero-order valence-corrected chi connectivity index (χ0v) is 7.49. The van der Waals surface area contributed by atoms with Gasteiger partial charge >= 0.3 is 6.18 Å². The molecule has 4 nitrogen and oxygen atoms in total. The van der Waals surface area contributed by atoms with Crippen LogP contribution < -0.4 is 5.73 Å². The largest absolute Gasteiger partial charge is 0.416 e. The van der Waals surface area contributed by atoms with Crippen LogP contribution in [0.1, 0.15) is 11.4 Å². The molecule has 2 rings (SSSR count). The Morgan fingerprint density at radius 3 is 2.73 bits per heavy atom. The molecule has 0 spiro atoms. The van der Waals surface area contributed by atoms with Crippen molar-refractivity contribution in [3.63, 3.8) is 0 Å². The fourth-order valence-electron chi connectivity index (χ4n) is 1.19. The van der Waals surface area contributed by atoms with Crippen molar-refractivity contribution in [3.05, 3.63) is 29.7 Å². The minimum Gasteiger partial charge on any atom is -0.324 e. The highest BCUT2D eigenvalue weighted by molar-refractivity contribution is 5.41. The first-order chi connectivity index (χ1) is 7.00. The summed E-state index contributed by atoms with van der Waals surface area (Å²) in [5.74, 6) is 0.314. The van der Waals surface area contributed by atoms with E-state index in [-0.39, 0.29) is 12.2 Å². The number of aromatic nitrogens is 3. The highest BCUT2D eigenvalue weighted by Gasteiger charge is 2.30. The van der Waals surface area contributed by atoms with Gasteiger partial charge in [0.2, 0.25) is 0 Å². The fraction of sp³-hybridized carbons (Fsp3) is 0.250. The van der Waals surface area contributed by atoms with Crippen LogP contribution >= 0.6 is 0 Å². The molecule has 80 valence electrons. The van der Waals surface area contributed by atoms with Gasteiger partial charge in [-0.2, -0.15) is 13.2 Å². The van der Waals surface area contributed by atoms with E-state index in [9.17, 15) is 13.2 Å². The van der Waals surface area contributed by atoms with Gasteiger partial charge in [0.1, 0.15) is 0 Å². The fourth-order valence-corrected chi connectivity index (χ4v) is 1.19. The lowest BCUT2D eigenvalue weighted by Crippen LogP contribution is -2.05. The quantitative estimate of drug-likeness (QED) is 0.779. The summed E-state index contributed by atoms with van der Waals surface area (Å²) in [5.41, 5.74) is 4.68. The van der Waals surface area contributed by atoms with Gasteiger partial charge in [-0.1, -0.05) is 0 Å². The molecule has 7 heteroatoms. The van der Waals surface area contributed by atoms with Gasteiger partial charge in [-0.15, -0.1) is 5.10 Å². The molecule has 0 aliphatic carbocycles. The van der Waals surface area contributed by atoms with Crippen molar-refractivity contribution in [2.75, 3.05) is 0 Å². The SMILES string of the molecule is NCc1nc2cc(C(F)(F)F)ccn2n1. The minimum absolute atomic E-state index is 0.100.